The molecule has 0 N–H and O–H groups in total. The number of aromatic nitrogens is 1. The second-order valence-electron chi connectivity index (χ2n) is 6.82. The lowest BCUT2D eigenvalue weighted by Crippen LogP contribution is -2.49. The van der Waals surface area contributed by atoms with Crippen molar-refractivity contribution in [3.05, 3.63) is 71.0 Å². The first-order chi connectivity index (χ1) is 13.5. The largest absolute Gasteiger partial charge is 0.353 e. The first-order valence-corrected chi connectivity index (χ1v) is 9.00. The summed E-state index contributed by atoms with van der Waals surface area (Å²) in [4.78, 5) is 20.7. The number of halogens is 3. The third-order valence-corrected chi connectivity index (χ3v) is 5.07. The van der Waals surface area contributed by atoms with E-state index in [1.807, 2.05) is 37.3 Å². The molecule has 144 valence electrons. The number of hydrogen-bond donors (Lipinski definition) is 0. The Morgan fingerprint density at radius 2 is 1.68 bits per heavy atom. The van der Waals surface area contributed by atoms with E-state index in [4.69, 9.17) is 4.98 Å². The van der Waals surface area contributed by atoms with Gasteiger partial charge in [-0.05, 0) is 36.8 Å². The van der Waals surface area contributed by atoms with E-state index < -0.39 is 28.9 Å². The molecule has 2 heterocycles. The zero-order valence-electron chi connectivity index (χ0n) is 15.3. The van der Waals surface area contributed by atoms with Crippen LogP contribution >= 0.6 is 0 Å². The van der Waals surface area contributed by atoms with Crippen LogP contribution in [0.15, 0.2) is 42.5 Å². The molecule has 2 aromatic carbocycles. The van der Waals surface area contributed by atoms with Crippen molar-refractivity contribution >= 4 is 22.6 Å². The third-order valence-electron chi connectivity index (χ3n) is 5.07. The van der Waals surface area contributed by atoms with Gasteiger partial charge in [-0.1, -0.05) is 18.2 Å². The Labute approximate surface area is 160 Å². The van der Waals surface area contributed by atoms with Gasteiger partial charge in [0, 0.05) is 31.6 Å². The van der Waals surface area contributed by atoms with Crippen LogP contribution in [0.4, 0.5) is 19.0 Å². The number of carbonyl (C=O) groups is 1. The van der Waals surface area contributed by atoms with Crippen molar-refractivity contribution in [1.82, 2.24) is 9.88 Å². The number of amides is 1. The highest BCUT2D eigenvalue weighted by Crippen LogP contribution is 2.24. The van der Waals surface area contributed by atoms with Crippen LogP contribution in [0.1, 0.15) is 15.9 Å². The van der Waals surface area contributed by atoms with Crippen LogP contribution in [0, 0.1) is 24.4 Å². The van der Waals surface area contributed by atoms with Gasteiger partial charge in [-0.2, -0.15) is 0 Å². The van der Waals surface area contributed by atoms with E-state index in [9.17, 15) is 18.0 Å². The summed E-state index contributed by atoms with van der Waals surface area (Å²) in [6.45, 7) is 3.73. The highest BCUT2D eigenvalue weighted by molar-refractivity contribution is 5.94. The van der Waals surface area contributed by atoms with Gasteiger partial charge in [0.25, 0.3) is 5.91 Å². The number of nitrogens with zero attached hydrogens (tertiary/aromatic N) is 3. The molecule has 0 saturated carbocycles. The maximum absolute atomic E-state index is 13.9. The molecule has 0 bridgehead atoms. The van der Waals surface area contributed by atoms with E-state index in [0.717, 1.165) is 34.4 Å². The summed E-state index contributed by atoms with van der Waals surface area (Å²) in [5.41, 5.74) is 1.56. The smallest absolute Gasteiger partial charge is 0.257 e. The Hall–Kier alpha value is -3.09. The number of piperazine rings is 1. The van der Waals surface area contributed by atoms with E-state index in [1.165, 1.54) is 4.90 Å². The number of para-hydroxylation sites is 1. The molecule has 1 saturated heterocycles. The molecule has 28 heavy (non-hydrogen) atoms. The summed E-state index contributed by atoms with van der Waals surface area (Å²) in [5, 5.41) is 1.09. The fourth-order valence-electron chi connectivity index (χ4n) is 3.49. The molecule has 1 amide bonds. The Balaban J connectivity index is 1.51. The van der Waals surface area contributed by atoms with Gasteiger partial charge in [0.2, 0.25) is 0 Å². The minimum absolute atomic E-state index is 0.338. The Kier molecular flexibility index (Phi) is 4.66. The molecule has 1 aromatic heterocycles. The number of carbonyl (C=O) groups excluding carboxylic acids is 1. The standard InChI is InChI=1S/C21H18F3N3O/c1-13-12-18(25-17-5-3-2-4-14(13)17)26-8-10-27(11-9-26)21(28)15-6-7-16(22)20(24)19(15)23/h2-7,12H,8-11H2,1H3. The van der Waals surface area contributed by atoms with E-state index >= 15 is 0 Å². The van der Waals surface area contributed by atoms with Gasteiger partial charge in [-0.3, -0.25) is 4.79 Å². The molecule has 4 rings (SSSR count). The van der Waals surface area contributed by atoms with Crippen molar-refractivity contribution < 1.29 is 18.0 Å². The highest BCUT2D eigenvalue weighted by Gasteiger charge is 2.27. The van der Waals surface area contributed by atoms with Crippen LogP contribution in [0.5, 0.6) is 0 Å². The maximum Gasteiger partial charge on any atom is 0.257 e. The lowest BCUT2D eigenvalue weighted by atomic mass is 10.1. The fourth-order valence-corrected chi connectivity index (χ4v) is 3.49. The lowest BCUT2D eigenvalue weighted by Gasteiger charge is -2.35. The molecule has 7 heteroatoms. The molecule has 0 atom stereocenters. The molecular weight excluding hydrogens is 367 g/mol. The van der Waals surface area contributed by atoms with Crippen molar-refractivity contribution in [2.24, 2.45) is 0 Å². The number of aryl methyl sites for hydroxylation is 1. The molecule has 0 unspecified atom stereocenters. The summed E-state index contributed by atoms with van der Waals surface area (Å²) >= 11 is 0. The third kappa shape index (κ3) is 3.17. The fraction of sp³-hybridized carbons (Fsp3) is 0.238. The zero-order valence-corrected chi connectivity index (χ0v) is 15.3. The number of fused-ring (bicyclic) bond motifs is 1. The normalized spacial score (nSPS) is 14.6. The van der Waals surface area contributed by atoms with E-state index in [1.54, 1.807) is 0 Å². The Bertz CT molecular complexity index is 1060. The summed E-state index contributed by atoms with van der Waals surface area (Å²) in [6.07, 6.45) is 0. The highest BCUT2D eigenvalue weighted by atomic mass is 19.2. The van der Waals surface area contributed by atoms with E-state index in [-0.39, 0.29) is 0 Å². The molecule has 1 aliphatic heterocycles. The average molecular weight is 385 g/mol. The molecule has 1 fully saturated rings. The van der Waals surface area contributed by atoms with E-state index in [2.05, 4.69) is 4.90 Å². The summed E-state index contributed by atoms with van der Waals surface area (Å²) in [5.74, 6) is -4.20. The molecule has 0 radical (unpaired) electrons. The summed E-state index contributed by atoms with van der Waals surface area (Å²) < 4.78 is 40.4. The monoisotopic (exact) mass is 385 g/mol. The predicted octanol–water partition coefficient (Wildman–Crippen LogP) is 3.92. The van der Waals surface area contributed by atoms with Gasteiger partial charge in [0.05, 0.1) is 11.1 Å². The second-order valence-corrected chi connectivity index (χ2v) is 6.82. The van der Waals surface area contributed by atoms with Crippen molar-refractivity contribution in [2.45, 2.75) is 6.92 Å². The van der Waals surface area contributed by atoms with Gasteiger partial charge < -0.3 is 9.80 Å². The van der Waals surface area contributed by atoms with Crippen LogP contribution in [0.3, 0.4) is 0 Å². The van der Waals surface area contributed by atoms with Gasteiger partial charge in [0.1, 0.15) is 5.82 Å². The van der Waals surface area contributed by atoms with Crippen molar-refractivity contribution in [3.63, 3.8) is 0 Å². The van der Waals surface area contributed by atoms with Crippen molar-refractivity contribution in [1.29, 1.82) is 0 Å². The Morgan fingerprint density at radius 1 is 0.964 bits per heavy atom. The van der Waals surface area contributed by atoms with Crippen LogP contribution in [0.2, 0.25) is 0 Å². The number of pyridine rings is 1. The number of hydrogen-bond acceptors (Lipinski definition) is 3. The van der Waals surface area contributed by atoms with E-state index in [0.29, 0.717) is 26.2 Å². The average Bonchev–Trinajstić information content (AvgIpc) is 2.72. The van der Waals surface area contributed by atoms with Gasteiger partial charge in [0.15, 0.2) is 17.5 Å². The summed E-state index contributed by atoms with van der Waals surface area (Å²) in [7, 11) is 0. The molecule has 0 spiro atoms. The molecule has 3 aromatic rings. The Morgan fingerprint density at radius 3 is 2.43 bits per heavy atom. The SMILES string of the molecule is Cc1cc(N2CCN(C(=O)c3ccc(F)c(F)c3F)CC2)nc2ccccc12. The first kappa shape index (κ1) is 18.3. The first-order valence-electron chi connectivity index (χ1n) is 9.00. The van der Waals surface area contributed by atoms with Crippen molar-refractivity contribution in [2.75, 3.05) is 31.1 Å². The molecule has 0 aliphatic carbocycles. The predicted molar refractivity (Wildman–Crippen MR) is 101 cm³/mol. The number of anilines is 1. The minimum atomic E-state index is -1.62. The quantitative estimate of drug-likeness (QED) is 0.628. The zero-order chi connectivity index (χ0) is 19.8. The lowest BCUT2D eigenvalue weighted by molar-refractivity contribution is 0.0740. The summed E-state index contributed by atoms with van der Waals surface area (Å²) in [6, 6.07) is 11.6. The van der Waals surface area contributed by atoms with Crippen LogP contribution < -0.4 is 4.90 Å². The van der Waals surface area contributed by atoms with Crippen LogP contribution in [0.25, 0.3) is 10.9 Å². The van der Waals surface area contributed by atoms with Crippen molar-refractivity contribution in [3.8, 4) is 0 Å². The topological polar surface area (TPSA) is 36.4 Å². The minimum Gasteiger partial charge on any atom is -0.353 e. The number of rotatable bonds is 2. The molecule has 1 aliphatic rings. The molecule has 4 nitrogen and oxygen atoms in total. The van der Waals surface area contributed by atoms with Crippen LogP contribution in [-0.2, 0) is 0 Å². The van der Waals surface area contributed by atoms with Gasteiger partial charge in [-0.15, -0.1) is 0 Å². The van der Waals surface area contributed by atoms with Gasteiger partial charge >= 0.3 is 0 Å². The van der Waals surface area contributed by atoms with Crippen LogP contribution in [-0.4, -0.2) is 42.0 Å². The van der Waals surface area contributed by atoms with Gasteiger partial charge in [-0.25, -0.2) is 18.2 Å². The second kappa shape index (κ2) is 7.14. The molecular formula is C21H18F3N3O. The maximum atomic E-state index is 13.9. The number of benzene rings is 2.